The number of aromatic amines is 1. The molecular weight excluding hydrogens is 472 g/mol. The molecule has 0 radical (unpaired) electrons. The molecule has 0 aliphatic heterocycles. The third-order valence-electron chi connectivity index (χ3n) is 4.39. The predicted octanol–water partition coefficient (Wildman–Crippen LogP) is 4.24. The summed E-state index contributed by atoms with van der Waals surface area (Å²) in [5.41, 5.74) is 4.09. The number of H-pyrrole nitrogens is 1. The van der Waals surface area contributed by atoms with Crippen LogP contribution in [0.2, 0.25) is 0 Å². The lowest BCUT2D eigenvalue weighted by Crippen LogP contribution is -2.01. The van der Waals surface area contributed by atoms with Crippen LogP contribution in [0, 0.1) is 9.65 Å². The summed E-state index contributed by atoms with van der Waals surface area (Å²) in [6.07, 6.45) is 3.28. The van der Waals surface area contributed by atoms with Crippen molar-refractivity contribution in [1.82, 2.24) is 29.7 Å². The summed E-state index contributed by atoms with van der Waals surface area (Å²) in [6.45, 7) is 0.507. The Morgan fingerprint density at radius 3 is 2.96 bits per heavy atom. The molecule has 0 bridgehead atoms. The van der Waals surface area contributed by atoms with E-state index in [4.69, 9.17) is 0 Å². The van der Waals surface area contributed by atoms with Crippen LogP contribution in [0.4, 0.5) is 15.9 Å². The maximum atomic E-state index is 13.4. The molecule has 138 valence electrons. The molecule has 7 nitrogen and oxygen atoms in total. The SMILES string of the molecule is Fc1cccc(Cn2ncc3cc(Nc4ncnc5nc(I)[nH]c45)ccc32)c1. The van der Waals surface area contributed by atoms with Crippen molar-refractivity contribution in [3.63, 3.8) is 0 Å². The predicted molar refractivity (Wildman–Crippen MR) is 113 cm³/mol. The first-order chi connectivity index (χ1) is 13.7. The van der Waals surface area contributed by atoms with Gasteiger partial charge >= 0.3 is 0 Å². The lowest BCUT2D eigenvalue weighted by atomic mass is 10.2. The second-order valence-electron chi connectivity index (χ2n) is 6.28. The zero-order valence-electron chi connectivity index (χ0n) is 14.4. The van der Waals surface area contributed by atoms with Gasteiger partial charge < -0.3 is 10.3 Å². The van der Waals surface area contributed by atoms with Crippen molar-refractivity contribution in [2.24, 2.45) is 0 Å². The van der Waals surface area contributed by atoms with E-state index in [-0.39, 0.29) is 5.82 Å². The molecule has 0 spiro atoms. The number of anilines is 2. The number of benzene rings is 2. The van der Waals surface area contributed by atoms with Gasteiger partial charge in [0.25, 0.3) is 0 Å². The fraction of sp³-hybridized carbons (Fsp3) is 0.0526. The van der Waals surface area contributed by atoms with Crippen molar-refractivity contribution >= 4 is 56.2 Å². The van der Waals surface area contributed by atoms with E-state index in [9.17, 15) is 4.39 Å². The normalized spacial score (nSPS) is 11.4. The third kappa shape index (κ3) is 3.17. The number of fused-ring (bicyclic) bond motifs is 2. The number of imidazole rings is 1. The standard InChI is InChI=1S/C19H13FIN7/c20-13-3-1-2-11(6-13)9-28-15-5-4-14(7-12(15)8-24-28)25-17-16-18(23-10-22-17)27-19(21)26-16/h1-8,10H,9H2,(H2,22,23,25,26,27). The third-order valence-corrected chi connectivity index (χ3v) is 4.90. The average Bonchev–Trinajstić information content (AvgIpc) is 3.25. The highest BCUT2D eigenvalue weighted by Gasteiger charge is 2.10. The fourth-order valence-corrected chi connectivity index (χ4v) is 3.63. The molecule has 2 N–H and O–H groups in total. The van der Waals surface area contributed by atoms with Crippen LogP contribution in [-0.2, 0) is 6.54 Å². The fourth-order valence-electron chi connectivity index (χ4n) is 3.13. The van der Waals surface area contributed by atoms with E-state index in [0.29, 0.717) is 18.0 Å². The number of hydrogen-bond donors (Lipinski definition) is 2. The van der Waals surface area contributed by atoms with Gasteiger partial charge in [0.15, 0.2) is 15.3 Å². The first kappa shape index (κ1) is 17.0. The van der Waals surface area contributed by atoms with Crippen LogP contribution in [0.5, 0.6) is 0 Å². The molecule has 2 aromatic carbocycles. The van der Waals surface area contributed by atoms with Crippen LogP contribution < -0.4 is 5.32 Å². The summed E-state index contributed by atoms with van der Waals surface area (Å²) in [5, 5.41) is 8.73. The summed E-state index contributed by atoms with van der Waals surface area (Å²) in [7, 11) is 0. The minimum Gasteiger partial charge on any atom is -0.338 e. The second kappa shape index (κ2) is 6.82. The minimum atomic E-state index is -0.245. The Balaban J connectivity index is 1.46. The number of aromatic nitrogens is 6. The van der Waals surface area contributed by atoms with Gasteiger partial charge in [0.2, 0.25) is 0 Å². The monoisotopic (exact) mass is 485 g/mol. The second-order valence-corrected chi connectivity index (χ2v) is 7.30. The topological polar surface area (TPSA) is 84.3 Å². The smallest absolute Gasteiger partial charge is 0.183 e. The number of rotatable bonds is 4. The van der Waals surface area contributed by atoms with Gasteiger partial charge in [-0.2, -0.15) is 5.10 Å². The summed E-state index contributed by atoms with van der Waals surface area (Å²) in [5.74, 6) is 0.414. The molecule has 3 heterocycles. The van der Waals surface area contributed by atoms with Crippen molar-refractivity contribution in [1.29, 1.82) is 0 Å². The van der Waals surface area contributed by atoms with Gasteiger partial charge in [-0.25, -0.2) is 19.3 Å². The molecule has 0 atom stereocenters. The number of hydrogen-bond acceptors (Lipinski definition) is 5. The number of halogens is 2. The Morgan fingerprint density at radius 2 is 2.07 bits per heavy atom. The van der Waals surface area contributed by atoms with Gasteiger partial charge in [-0.05, 0) is 58.5 Å². The minimum absolute atomic E-state index is 0.245. The molecule has 5 aromatic rings. The Bertz CT molecular complexity index is 1310. The summed E-state index contributed by atoms with van der Waals surface area (Å²) >= 11 is 2.11. The number of nitrogens with zero attached hydrogens (tertiary/aromatic N) is 5. The number of nitrogens with one attached hydrogen (secondary N) is 2. The maximum Gasteiger partial charge on any atom is 0.183 e. The van der Waals surface area contributed by atoms with Gasteiger partial charge in [-0.15, -0.1) is 0 Å². The summed E-state index contributed by atoms with van der Waals surface area (Å²) < 4.78 is 16.0. The molecule has 0 amide bonds. The lowest BCUT2D eigenvalue weighted by Gasteiger charge is -2.07. The molecule has 9 heteroatoms. The van der Waals surface area contributed by atoms with E-state index in [0.717, 1.165) is 31.5 Å². The molecular formula is C19H13FIN7. The Labute approximate surface area is 172 Å². The largest absolute Gasteiger partial charge is 0.338 e. The van der Waals surface area contributed by atoms with Gasteiger partial charge in [0.05, 0.1) is 18.3 Å². The molecule has 0 fully saturated rings. The summed E-state index contributed by atoms with van der Waals surface area (Å²) in [6, 6.07) is 12.5. The van der Waals surface area contributed by atoms with E-state index >= 15 is 0 Å². The van der Waals surface area contributed by atoms with Gasteiger partial charge in [-0.1, -0.05) is 12.1 Å². The van der Waals surface area contributed by atoms with Crippen molar-refractivity contribution in [3.8, 4) is 0 Å². The maximum absolute atomic E-state index is 13.4. The first-order valence-electron chi connectivity index (χ1n) is 8.49. The molecule has 0 saturated heterocycles. The highest BCUT2D eigenvalue weighted by atomic mass is 127. The van der Waals surface area contributed by atoms with Crippen molar-refractivity contribution in [2.45, 2.75) is 6.54 Å². The highest BCUT2D eigenvalue weighted by molar-refractivity contribution is 14.1. The van der Waals surface area contributed by atoms with E-state index in [1.54, 1.807) is 12.3 Å². The Hall–Kier alpha value is -3.08. The molecule has 3 aromatic heterocycles. The van der Waals surface area contributed by atoms with Crippen LogP contribution in [0.25, 0.3) is 22.1 Å². The van der Waals surface area contributed by atoms with Gasteiger partial charge in [0, 0.05) is 11.1 Å². The van der Waals surface area contributed by atoms with Crippen molar-refractivity contribution in [3.05, 3.63) is 70.2 Å². The molecule has 0 aliphatic rings. The zero-order chi connectivity index (χ0) is 19.1. The van der Waals surface area contributed by atoms with Crippen molar-refractivity contribution < 1.29 is 4.39 Å². The lowest BCUT2D eigenvalue weighted by molar-refractivity contribution is 0.621. The molecule has 28 heavy (non-hydrogen) atoms. The average molecular weight is 485 g/mol. The van der Waals surface area contributed by atoms with E-state index in [2.05, 4.69) is 52.9 Å². The molecule has 0 aliphatic carbocycles. The van der Waals surface area contributed by atoms with Crippen molar-refractivity contribution in [2.75, 3.05) is 5.32 Å². The molecule has 0 saturated carbocycles. The van der Waals surface area contributed by atoms with Crippen LogP contribution in [-0.4, -0.2) is 29.7 Å². The van der Waals surface area contributed by atoms with E-state index < -0.39 is 0 Å². The summed E-state index contributed by atoms with van der Waals surface area (Å²) in [4.78, 5) is 16.0. The van der Waals surface area contributed by atoms with Gasteiger partial charge in [0.1, 0.15) is 17.7 Å². The highest BCUT2D eigenvalue weighted by Crippen LogP contribution is 2.25. The van der Waals surface area contributed by atoms with E-state index in [1.807, 2.05) is 28.9 Å². The Morgan fingerprint density at radius 1 is 1.14 bits per heavy atom. The Kier molecular flexibility index (Phi) is 4.15. The van der Waals surface area contributed by atoms with Gasteiger partial charge in [-0.3, -0.25) is 4.68 Å². The molecule has 0 unspecified atom stereocenters. The van der Waals surface area contributed by atoms with Crippen LogP contribution in [0.15, 0.2) is 55.0 Å². The quantitative estimate of drug-likeness (QED) is 0.294. The first-order valence-corrected chi connectivity index (χ1v) is 9.57. The van der Waals surface area contributed by atoms with E-state index in [1.165, 1.54) is 18.5 Å². The van der Waals surface area contributed by atoms with Crippen LogP contribution >= 0.6 is 22.6 Å². The zero-order valence-corrected chi connectivity index (χ0v) is 16.6. The van der Waals surface area contributed by atoms with Crippen LogP contribution in [0.1, 0.15) is 5.56 Å². The molecule has 5 rings (SSSR count). The van der Waals surface area contributed by atoms with Crippen LogP contribution in [0.3, 0.4) is 0 Å².